The Balaban J connectivity index is 1.99. The smallest absolute Gasteiger partial charge is 0.301 e. The summed E-state index contributed by atoms with van der Waals surface area (Å²) in [5.41, 5.74) is 1.70. The average Bonchev–Trinajstić information content (AvgIpc) is 3.03. The van der Waals surface area contributed by atoms with Gasteiger partial charge < -0.3 is 4.57 Å². The molecule has 3 nitrogen and oxygen atoms in total. The van der Waals surface area contributed by atoms with Crippen LogP contribution in [-0.2, 0) is 6.18 Å². The number of halogens is 4. The van der Waals surface area contributed by atoms with E-state index in [1.165, 1.54) is 12.4 Å². The zero-order chi connectivity index (χ0) is 18.3. The summed E-state index contributed by atoms with van der Waals surface area (Å²) >= 11 is 6.27. The van der Waals surface area contributed by atoms with Gasteiger partial charge in [0.05, 0.1) is 10.9 Å². The fourth-order valence-electron chi connectivity index (χ4n) is 2.89. The summed E-state index contributed by atoms with van der Waals surface area (Å²) in [4.78, 5) is 8.26. The number of hydrogen-bond acceptors (Lipinski definition) is 2. The molecule has 26 heavy (non-hydrogen) atoms. The summed E-state index contributed by atoms with van der Waals surface area (Å²) in [6.45, 7) is 0. The molecule has 0 spiro atoms. The second-order valence-corrected chi connectivity index (χ2v) is 6.05. The Labute approximate surface area is 151 Å². The Kier molecular flexibility index (Phi) is 3.92. The first kappa shape index (κ1) is 16.6. The molecule has 2 aromatic carbocycles. The van der Waals surface area contributed by atoms with Gasteiger partial charge in [-0.25, -0.2) is 9.97 Å². The highest BCUT2D eigenvalue weighted by Gasteiger charge is 2.30. The molecule has 0 fully saturated rings. The van der Waals surface area contributed by atoms with E-state index < -0.39 is 11.7 Å². The van der Waals surface area contributed by atoms with Gasteiger partial charge in [0.1, 0.15) is 17.1 Å². The first-order valence-corrected chi connectivity index (χ1v) is 8.07. The maximum absolute atomic E-state index is 13.1. The van der Waals surface area contributed by atoms with Gasteiger partial charge in [0, 0.05) is 17.4 Å². The highest BCUT2D eigenvalue weighted by molar-refractivity contribution is 6.35. The Morgan fingerprint density at radius 3 is 2.42 bits per heavy atom. The normalized spacial score (nSPS) is 11.8. The molecular formula is C19H11ClF3N3. The van der Waals surface area contributed by atoms with Crippen LogP contribution in [0.15, 0.2) is 67.1 Å². The summed E-state index contributed by atoms with van der Waals surface area (Å²) in [7, 11) is 0. The lowest BCUT2D eigenvalue weighted by Gasteiger charge is -2.10. The van der Waals surface area contributed by atoms with Crippen molar-refractivity contribution in [2.45, 2.75) is 6.18 Å². The summed E-state index contributed by atoms with van der Waals surface area (Å²) in [6.07, 6.45) is -1.40. The standard InChI is InChI=1S/C19H11ClF3N3/c20-17-16-15(12-5-2-1-3-6-12)10-26(18(16)25-11-24-17)14-8-4-7-13(9-14)19(21,22)23/h1-11H. The van der Waals surface area contributed by atoms with E-state index in [1.54, 1.807) is 16.8 Å². The van der Waals surface area contributed by atoms with Crippen molar-refractivity contribution in [2.24, 2.45) is 0 Å². The molecule has 0 bridgehead atoms. The van der Waals surface area contributed by atoms with Crippen molar-refractivity contribution < 1.29 is 13.2 Å². The minimum atomic E-state index is -4.42. The van der Waals surface area contributed by atoms with Crippen molar-refractivity contribution in [3.63, 3.8) is 0 Å². The molecular weight excluding hydrogens is 363 g/mol. The number of rotatable bonds is 2. The van der Waals surface area contributed by atoms with Gasteiger partial charge >= 0.3 is 6.18 Å². The molecule has 0 radical (unpaired) electrons. The number of nitrogens with zero attached hydrogens (tertiary/aromatic N) is 3. The van der Waals surface area contributed by atoms with Gasteiger partial charge in [-0.1, -0.05) is 48.0 Å². The number of hydrogen-bond donors (Lipinski definition) is 0. The first-order chi connectivity index (χ1) is 12.4. The molecule has 0 atom stereocenters. The van der Waals surface area contributed by atoms with Crippen LogP contribution in [0.5, 0.6) is 0 Å². The zero-order valence-electron chi connectivity index (χ0n) is 13.2. The minimum Gasteiger partial charge on any atom is -0.301 e. The number of aromatic nitrogens is 3. The van der Waals surface area contributed by atoms with E-state index in [0.717, 1.165) is 23.3 Å². The third-order valence-electron chi connectivity index (χ3n) is 4.07. The highest BCUT2D eigenvalue weighted by atomic mass is 35.5. The molecule has 0 aliphatic carbocycles. The van der Waals surface area contributed by atoms with Crippen LogP contribution in [0.1, 0.15) is 5.56 Å². The molecule has 130 valence electrons. The number of fused-ring (bicyclic) bond motifs is 1. The van der Waals surface area contributed by atoms with E-state index in [-0.39, 0.29) is 5.15 Å². The SMILES string of the molecule is FC(F)(F)c1cccc(-n2cc(-c3ccccc3)c3c(Cl)ncnc32)c1. The molecule has 4 aromatic rings. The van der Waals surface area contributed by atoms with Crippen molar-refractivity contribution in [1.82, 2.24) is 14.5 Å². The largest absolute Gasteiger partial charge is 0.416 e. The fraction of sp³-hybridized carbons (Fsp3) is 0.0526. The zero-order valence-corrected chi connectivity index (χ0v) is 14.0. The third kappa shape index (κ3) is 2.82. The summed E-state index contributed by atoms with van der Waals surface area (Å²) < 4.78 is 40.8. The van der Waals surface area contributed by atoms with Crippen LogP contribution in [0.3, 0.4) is 0 Å². The van der Waals surface area contributed by atoms with Crippen LogP contribution < -0.4 is 0 Å². The van der Waals surface area contributed by atoms with Crippen LogP contribution in [0, 0.1) is 0 Å². The van der Waals surface area contributed by atoms with E-state index in [4.69, 9.17) is 11.6 Å². The maximum atomic E-state index is 13.1. The van der Waals surface area contributed by atoms with E-state index in [1.807, 2.05) is 30.3 Å². The summed E-state index contributed by atoms with van der Waals surface area (Å²) in [6, 6.07) is 14.5. The Bertz CT molecular complexity index is 1090. The van der Waals surface area contributed by atoms with E-state index in [9.17, 15) is 13.2 Å². The van der Waals surface area contributed by atoms with Gasteiger partial charge in [-0.15, -0.1) is 0 Å². The first-order valence-electron chi connectivity index (χ1n) is 7.70. The van der Waals surface area contributed by atoms with Crippen LogP contribution in [0.25, 0.3) is 27.8 Å². The fourth-order valence-corrected chi connectivity index (χ4v) is 3.12. The molecule has 0 aliphatic heterocycles. The average molecular weight is 374 g/mol. The van der Waals surface area contributed by atoms with Gasteiger partial charge in [0.15, 0.2) is 0 Å². The minimum absolute atomic E-state index is 0.250. The van der Waals surface area contributed by atoms with Gasteiger partial charge in [-0.05, 0) is 23.8 Å². The second-order valence-electron chi connectivity index (χ2n) is 5.69. The van der Waals surface area contributed by atoms with Crippen molar-refractivity contribution >= 4 is 22.6 Å². The number of benzene rings is 2. The topological polar surface area (TPSA) is 30.7 Å². The quantitative estimate of drug-likeness (QED) is 0.418. The van der Waals surface area contributed by atoms with Crippen LogP contribution in [0.2, 0.25) is 5.15 Å². The van der Waals surface area contributed by atoms with E-state index >= 15 is 0 Å². The third-order valence-corrected chi connectivity index (χ3v) is 4.36. The predicted octanol–water partition coefficient (Wildman–Crippen LogP) is 5.76. The van der Waals surface area contributed by atoms with Crippen LogP contribution in [0.4, 0.5) is 13.2 Å². The van der Waals surface area contributed by atoms with Crippen LogP contribution in [-0.4, -0.2) is 14.5 Å². The Hall–Kier alpha value is -2.86. The highest BCUT2D eigenvalue weighted by Crippen LogP contribution is 2.36. The van der Waals surface area contributed by atoms with Crippen molar-refractivity contribution in [3.8, 4) is 16.8 Å². The van der Waals surface area contributed by atoms with E-state index in [2.05, 4.69) is 9.97 Å². The van der Waals surface area contributed by atoms with Gasteiger partial charge in [-0.3, -0.25) is 0 Å². The lowest BCUT2D eigenvalue weighted by Crippen LogP contribution is -2.06. The Morgan fingerprint density at radius 1 is 0.923 bits per heavy atom. The Morgan fingerprint density at radius 2 is 1.69 bits per heavy atom. The molecule has 0 saturated heterocycles. The lowest BCUT2D eigenvalue weighted by molar-refractivity contribution is -0.137. The van der Waals surface area contributed by atoms with Crippen molar-refractivity contribution in [2.75, 3.05) is 0 Å². The molecule has 0 aliphatic rings. The molecule has 0 N–H and O–H groups in total. The molecule has 4 rings (SSSR count). The number of alkyl halides is 3. The molecule has 7 heteroatoms. The molecule has 0 saturated carbocycles. The van der Waals surface area contributed by atoms with Crippen LogP contribution >= 0.6 is 11.6 Å². The van der Waals surface area contributed by atoms with Gasteiger partial charge in [-0.2, -0.15) is 13.2 Å². The van der Waals surface area contributed by atoms with E-state index in [0.29, 0.717) is 16.7 Å². The maximum Gasteiger partial charge on any atom is 0.416 e. The monoisotopic (exact) mass is 373 g/mol. The summed E-state index contributed by atoms with van der Waals surface area (Å²) in [5, 5.41) is 0.845. The molecule has 0 amide bonds. The molecule has 2 aromatic heterocycles. The van der Waals surface area contributed by atoms with Gasteiger partial charge in [0.25, 0.3) is 0 Å². The van der Waals surface area contributed by atoms with Crippen molar-refractivity contribution in [3.05, 3.63) is 77.8 Å². The summed E-state index contributed by atoms with van der Waals surface area (Å²) in [5.74, 6) is 0. The lowest BCUT2D eigenvalue weighted by atomic mass is 10.1. The molecule has 0 unspecified atom stereocenters. The predicted molar refractivity (Wildman–Crippen MR) is 94.3 cm³/mol. The van der Waals surface area contributed by atoms with Gasteiger partial charge in [0.2, 0.25) is 0 Å². The van der Waals surface area contributed by atoms with Crippen molar-refractivity contribution in [1.29, 1.82) is 0 Å². The second kappa shape index (κ2) is 6.14. The molecule has 2 heterocycles.